The molecule has 0 spiro atoms. The molecule has 0 aromatic heterocycles. The number of hydrogen-bond acceptors (Lipinski definition) is 3. The molecule has 2 aromatic rings. The van der Waals surface area contributed by atoms with Crippen molar-refractivity contribution in [3.63, 3.8) is 0 Å². The Morgan fingerprint density at radius 3 is 2.33 bits per heavy atom. The van der Waals surface area contributed by atoms with Gasteiger partial charge in [-0.05, 0) is 49.9 Å². The summed E-state index contributed by atoms with van der Waals surface area (Å²) < 4.78 is 0. The molecule has 0 N–H and O–H groups in total. The molecule has 3 unspecified atom stereocenters. The fourth-order valence-electron chi connectivity index (χ4n) is 5.98. The van der Waals surface area contributed by atoms with E-state index in [1.165, 1.54) is 49.2 Å². The van der Waals surface area contributed by atoms with Crippen LogP contribution >= 0.6 is 0 Å². The van der Waals surface area contributed by atoms with Gasteiger partial charge in [-0.1, -0.05) is 67.1 Å². The lowest BCUT2D eigenvalue weighted by atomic mass is 9.62. The van der Waals surface area contributed by atoms with Crippen molar-refractivity contribution in [3.05, 3.63) is 71.8 Å². The number of amides is 1. The van der Waals surface area contributed by atoms with E-state index in [2.05, 4.69) is 59.5 Å². The third-order valence-corrected chi connectivity index (χ3v) is 7.30. The minimum atomic E-state index is -0.105. The molecule has 2 aliphatic heterocycles. The van der Waals surface area contributed by atoms with Gasteiger partial charge in [-0.25, -0.2) is 5.01 Å². The zero-order valence-corrected chi connectivity index (χ0v) is 17.8. The highest BCUT2D eigenvalue weighted by molar-refractivity contribution is 6.01. The first-order valence-corrected chi connectivity index (χ1v) is 11.4. The quantitative estimate of drug-likeness (QED) is 0.739. The minimum Gasteiger partial charge on any atom is -0.302 e. The Kier molecular flexibility index (Phi) is 5.20. The van der Waals surface area contributed by atoms with Gasteiger partial charge in [-0.2, -0.15) is 5.10 Å². The lowest BCUT2D eigenvalue weighted by molar-refractivity contribution is -0.131. The third-order valence-electron chi connectivity index (χ3n) is 7.30. The zero-order valence-electron chi connectivity index (χ0n) is 17.8. The lowest BCUT2D eigenvalue weighted by Gasteiger charge is -2.43. The largest absolute Gasteiger partial charge is 0.302 e. The highest BCUT2D eigenvalue weighted by Crippen LogP contribution is 2.50. The molecule has 2 aromatic carbocycles. The van der Waals surface area contributed by atoms with Gasteiger partial charge in [0.15, 0.2) is 0 Å². The van der Waals surface area contributed by atoms with Crippen molar-refractivity contribution in [1.29, 1.82) is 0 Å². The van der Waals surface area contributed by atoms with E-state index < -0.39 is 0 Å². The molecule has 1 saturated carbocycles. The maximum Gasteiger partial charge on any atom is 0.240 e. The second-order valence-electron chi connectivity index (χ2n) is 9.13. The van der Waals surface area contributed by atoms with Crippen LogP contribution in [0.25, 0.3) is 0 Å². The molecule has 5 rings (SSSR count). The Hall–Kier alpha value is -2.46. The van der Waals surface area contributed by atoms with Crippen molar-refractivity contribution < 1.29 is 4.79 Å². The van der Waals surface area contributed by atoms with E-state index >= 15 is 0 Å². The number of hydrogen-bond donors (Lipinski definition) is 0. The van der Waals surface area contributed by atoms with E-state index in [0.717, 1.165) is 19.4 Å². The van der Waals surface area contributed by atoms with Gasteiger partial charge in [0, 0.05) is 24.8 Å². The number of carbonyl (C=O) groups is 1. The van der Waals surface area contributed by atoms with Crippen molar-refractivity contribution >= 4 is 11.6 Å². The van der Waals surface area contributed by atoms with Gasteiger partial charge >= 0.3 is 0 Å². The minimum absolute atomic E-state index is 0.0145. The second kappa shape index (κ2) is 7.99. The van der Waals surface area contributed by atoms with Crippen molar-refractivity contribution in [2.24, 2.45) is 11.0 Å². The molecule has 4 heteroatoms. The Labute approximate surface area is 179 Å². The first kappa shape index (κ1) is 19.5. The van der Waals surface area contributed by atoms with Gasteiger partial charge in [0.1, 0.15) is 0 Å². The Bertz CT molecular complexity index is 920. The maximum atomic E-state index is 12.7. The molecular weight excluding hydrogens is 370 g/mol. The third kappa shape index (κ3) is 3.27. The van der Waals surface area contributed by atoms with E-state index in [1.807, 2.05) is 6.07 Å². The van der Waals surface area contributed by atoms with Crippen LogP contribution < -0.4 is 0 Å². The number of fused-ring (bicyclic) bond motifs is 1. The molecule has 1 aliphatic carbocycles. The van der Waals surface area contributed by atoms with E-state index in [9.17, 15) is 4.79 Å². The summed E-state index contributed by atoms with van der Waals surface area (Å²) in [7, 11) is 0. The summed E-state index contributed by atoms with van der Waals surface area (Å²) in [6.45, 7) is 5.01. The van der Waals surface area contributed by atoms with Crippen LogP contribution in [0.15, 0.2) is 65.8 Å². The average molecular weight is 402 g/mol. The summed E-state index contributed by atoms with van der Waals surface area (Å²) >= 11 is 0. The molecule has 4 nitrogen and oxygen atoms in total. The lowest BCUT2D eigenvalue weighted by Crippen LogP contribution is -2.50. The summed E-state index contributed by atoms with van der Waals surface area (Å²) in [6, 6.07) is 21.4. The predicted molar refractivity (Wildman–Crippen MR) is 120 cm³/mol. The van der Waals surface area contributed by atoms with Crippen LogP contribution in [0.2, 0.25) is 0 Å². The molecule has 1 amide bonds. The standard InChI is InChI=1S/C26H31N3O/c1-20(30)29-24(21-11-4-2-5-12-21)23-15-10-16-26(25(23)27-29,19-28-17-8-9-18-28)22-13-6-3-7-14-22/h2-7,11-14,23-24H,8-10,15-19H2,1H3. The summed E-state index contributed by atoms with van der Waals surface area (Å²) in [4.78, 5) is 15.3. The van der Waals surface area contributed by atoms with Gasteiger partial charge in [0.25, 0.3) is 0 Å². The van der Waals surface area contributed by atoms with Crippen LogP contribution in [0.5, 0.6) is 0 Å². The molecule has 2 heterocycles. The SMILES string of the molecule is CC(=O)N1N=C2C(CCCC2(CN2CCCC2)c2ccccc2)C1c1ccccc1. The van der Waals surface area contributed by atoms with Crippen molar-refractivity contribution in [2.75, 3.05) is 19.6 Å². The monoisotopic (exact) mass is 401 g/mol. The van der Waals surface area contributed by atoms with Crippen LogP contribution in [0.4, 0.5) is 0 Å². The molecule has 3 atom stereocenters. The van der Waals surface area contributed by atoms with E-state index in [-0.39, 0.29) is 23.3 Å². The number of rotatable bonds is 4. The van der Waals surface area contributed by atoms with Crippen molar-refractivity contribution in [3.8, 4) is 0 Å². The molecule has 0 radical (unpaired) electrons. The van der Waals surface area contributed by atoms with Crippen LogP contribution in [0.1, 0.15) is 56.2 Å². The number of hydrazone groups is 1. The van der Waals surface area contributed by atoms with E-state index in [0.29, 0.717) is 0 Å². The number of carbonyl (C=O) groups excluding carboxylic acids is 1. The summed E-state index contributed by atoms with van der Waals surface area (Å²) in [5.74, 6) is 0.321. The molecular formula is C26H31N3O. The van der Waals surface area contributed by atoms with Crippen LogP contribution in [-0.4, -0.2) is 41.2 Å². The first-order valence-electron chi connectivity index (χ1n) is 11.4. The summed E-state index contributed by atoms with van der Waals surface area (Å²) in [5.41, 5.74) is 3.68. The molecule has 2 fully saturated rings. The molecule has 156 valence electrons. The van der Waals surface area contributed by atoms with Crippen LogP contribution in [-0.2, 0) is 10.2 Å². The highest BCUT2D eigenvalue weighted by Gasteiger charge is 2.52. The van der Waals surface area contributed by atoms with Gasteiger partial charge < -0.3 is 4.90 Å². The van der Waals surface area contributed by atoms with Gasteiger partial charge in [0.05, 0.1) is 11.8 Å². The van der Waals surface area contributed by atoms with E-state index in [1.54, 1.807) is 11.9 Å². The summed E-state index contributed by atoms with van der Waals surface area (Å²) in [5, 5.41) is 6.89. The number of benzene rings is 2. The Morgan fingerprint density at radius 2 is 1.67 bits per heavy atom. The second-order valence-corrected chi connectivity index (χ2v) is 9.13. The molecule has 30 heavy (non-hydrogen) atoms. The smallest absolute Gasteiger partial charge is 0.240 e. The van der Waals surface area contributed by atoms with Gasteiger partial charge in [0.2, 0.25) is 5.91 Å². The molecule has 1 saturated heterocycles. The average Bonchev–Trinajstić information content (AvgIpc) is 3.43. The normalized spacial score (nSPS) is 29.0. The fraction of sp³-hybridized carbons (Fsp3) is 0.462. The molecule has 3 aliphatic rings. The first-order chi connectivity index (χ1) is 14.7. The highest BCUT2D eigenvalue weighted by atomic mass is 16.2. The topological polar surface area (TPSA) is 35.9 Å². The predicted octanol–water partition coefficient (Wildman–Crippen LogP) is 4.78. The zero-order chi connectivity index (χ0) is 20.6. The van der Waals surface area contributed by atoms with Crippen molar-refractivity contribution in [1.82, 2.24) is 9.91 Å². The number of nitrogens with zero attached hydrogens (tertiary/aromatic N) is 3. The van der Waals surface area contributed by atoms with E-state index in [4.69, 9.17) is 5.10 Å². The van der Waals surface area contributed by atoms with Crippen LogP contribution in [0.3, 0.4) is 0 Å². The molecule has 0 bridgehead atoms. The Balaban J connectivity index is 1.61. The van der Waals surface area contributed by atoms with Crippen LogP contribution in [0, 0.1) is 5.92 Å². The maximum absolute atomic E-state index is 12.7. The van der Waals surface area contributed by atoms with Gasteiger partial charge in [-0.3, -0.25) is 4.79 Å². The summed E-state index contributed by atoms with van der Waals surface area (Å²) in [6.07, 6.45) is 5.94. The van der Waals surface area contributed by atoms with Gasteiger partial charge in [-0.15, -0.1) is 0 Å². The van der Waals surface area contributed by atoms with Crippen molar-refractivity contribution in [2.45, 2.75) is 50.5 Å². The number of likely N-dealkylation sites (tertiary alicyclic amines) is 1. The fourth-order valence-corrected chi connectivity index (χ4v) is 5.98. The Morgan fingerprint density at radius 1 is 1.00 bits per heavy atom.